The van der Waals surface area contributed by atoms with Gasteiger partial charge in [-0.2, -0.15) is 18.3 Å². The monoisotopic (exact) mass is 434 g/mol. The topological polar surface area (TPSA) is 54.5 Å². The highest BCUT2D eigenvalue weighted by Gasteiger charge is 2.38. The fourth-order valence-electron chi connectivity index (χ4n) is 2.87. The second kappa shape index (κ2) is 7.43. The van der Waals surface area contributed by atoms with Gasteiger partial charge in [0.05, 0.1) is 23.0 Å². The molecule has 0 N–H and O–H groups in total. The van der Waals surface area contributed by atoms with Crippen LogP contribution >= 0.6 is 15.9 Å². The van der Waals surface area contributed by atoms with Gasteiger partial charge < -0.3 is 9.32 Å². The molecule has 0 atom stereocenters. The summed E-state index contributed by atoms with van der Waals surface area (Å²) in [6, 6.07) is 3.73. The maximum atomic E-state index is 12.9. The Hall–Kier alpha value is -1.81. The van der Waals surface area contributed by atoms with E-state index < -0.39 is 11.9 Å². The van der Waals surface area contributed by atoms with Crippen LogP contribution in [0.25, 0.3) is 0 Å². The van der Waals surface area contributed by atoms with Crippen molar-refractivity contribution in [2.45, 2.75) is 26.2 Å². The van der Waals surface area contributed by atoms with Crippen molar-refractivity contribution in [3.8, 4) is 0 Å². The lowest BCUT2D eigenvalue weighted by Crippen LogP contribution is -2.49. The molecular formula is C16H18BrF3N4O2. The molecule has 1 amide bonds. The Balaban J connectivity index is 1.58. The number of alkyl halides is 3. The van der Waals surface area contributed by atoms with E-state index in [0.29, 0.717) is 32.7 Å². The summed E-state index contributed by atoms with van der Waals surface area (Å²) in [6.07, 6.45) is -2.94. The van der Waals surface area contributed by atoms with Crippen LogP contribution in [0.5, 0.6) is 0 Å². The van der Waals surface area contributed by atoms with E-state index in [4.69, 9.17) is 4.42 Å². The number of nitrogens with zero attached hydrogens (tertiary/aromatic N) is 4. The first-order valence-corrected chi connectivity index (χ1v) is 8.87. The zero-order chi connectivity index (χ0) is 18.9. The van der Waals surface area contributed by atoms with E-state index in [1.807, 2.05) is 12.1 Å². The minimum atomic E-state index is -4.56. The van der Waals surface area contributed by atoms with Crippen LogP contribution in [-0.2, 0) is 24.1 Å². The van der Waals surface area contributed by atoms with Gasteiger partial charge in [0.2, 0.25) is 5.91 Å². The van der Waals surface area contributed by atoms with Gasteiger partial charge >= 0.3 is 6.18 Å². The average molecular weight is 435 g/mol. The molecule has 1 saturated heterocycles. The molecule has 6 nitrogen and oxygen atoms in total. The minimum Gasteiger partial charge on any atom is -0.468 e. The lowest BCUT2D eigenvalue weighted by molar-refractivity contribution is -0.142. The van der Waals surface area contributed by atoms with Gasteiger partial charge in [-0.05, 0) is 35.0 Å². The van der Waals surface area contributed by atoms with Crippen molar-refractivity contribution in [3.05, 3.63) is 40.0 Å². The molecule has 1 fully saturated rings. The maximum Gasteiger partial charge on any atom is 0.436 e. The van der Waals surface area contributed by atoms with Crippen molar-refractivity contribution in [2.24, 2.45) is 0 Å². The molecule has 10 heteroatoms. The van der Waals surface area contributed by atoms with Crippen LogP contribution in [0, 0.1) is 6.92 Å². The highest BCUT2D eigenvalue weighted by molar-refractivity contribution is 9.10. The van der Waals surface area contributed by atoms with Gasteiger partial charge in [-0.1, -0.05) is 0 Å². The molecule has 0 saturated carbocycles. The summed E-state index contributed by atoms with van der Waals surface area (Å²) in [5.41, 5.74) is -0.729. The van der Waals surface area contributed by atoms with Crippen LogP contribution < -0.4 is 0 Å². The molecule has 1 aliphatic rings. The Morgan fingerprint density at radius 1 is 1.31 bits per heavy atom. The predicted molar refractivity (Wildman–Crippen MR) is 90.2 cm³/mol. The summed E-state index contributed by atoms with van der Waals surface area (Å²) in [4.78, 5) is 16.3. The fourth-order valence-corrected chi connectivity index (χ4v) is 3.37. The molecular weight excluding hydrogens is 417 g/mol. The van der Waals surface area contributed by atoms with Gasteiger partial charge in [0.1, 0.15) is 12.3 Å². The molecule has 26 heavy (non-hydrogen) atoms. The molecule has 142 valence electrons. The third-order valence-electron chi connectivity index (χ3n) is 4.37. The van der Waals surface area contributed by atoms with E-state index in [-0.39, 0.29) is 22.6 Å². The normalized spacial score (nSPS) is 16.3. The first kappa shape index (κ1) is 19.0. The Morgan fingerprint density at radius 3 is 2.54 bits per heavy atom. The Kier molecular flexibility index (Phi) is 5.42. The highest BCUT2D eigenvalue weighted by Crippen LogP contribution is 2.35. The van der Waals surface area contributed by atoms with Crippen LogP contribution in [0.1, 0.15) is 17.1 Å². The van der Waals surface area contributed by atoms with Crippen LogP contribution in [0.3, 0.4) is 0 Å². The third-order valence-corrected chi connectivity index (χ3v) is 5.32. The van der Waals surface area contributed by atoms with Crippen LogP contribution in [0.2, 0.25) is 0 Å². The minimum absolute atomic E-state index is 0.124. The third kappa shape index (κ3) is 4.12. The molecule has 0 bridgehead atoms. The second-order valence-corrected chi connectivity index (χ2v) is 6.93. The number of carbonyl (C=O) groups excluding carboxylic acids is 1. The number of rotatable bonds is 4. The number of piperazine rings is 1. The van der Waals surface area contributed by atoms with Crippen LogP contribution in [-0.4, -0.2) is 51.7 Å². The largest absolute Gasteiger partial charge is 0.468 e. The second-order valence-electron chi connectivity index (χ2n) is 6.14. The average Bonchev–Trinajstić information content (AvgIpc) is 3.18. The maximum absolute atomic E-state index is 12.9. The summed E-state index contributed by atoms with van der Waals surface area (Å²) in [5.74, 6) is 0.621. The summed E-state index contributed by atoms with van der Waals surface area (Å²) in [5, 5.41) is 3.55. The fraction of sp³-hybridized carbons (Fsp3) is 0.500. The number of aromatic nitrogens is 2. The molecule has 3 heterocycles. The predicted octanol–water partition coefficient (Wildman–Crippen LogP) is 2.91. The Bertz CT molecular complexity index is 765. The zero-order valence-electron chi connectivity index (χ0n) is 14.1. The molecule has 0 aromatic carbocycles. The number of furan rings is 1. The van der Waals surface area contributed by atoms with E-state index in [9.17, 15) is 18.0 Å². The van der Waals surface area contributed by atoms with E-state index >= 15 is 0 Å². The van der Waals surface area contributed by atoms with E-state index in [1.54, 1.807) is 11.2 Å². The number of amides is 1. The SMILES string of the molecule is Cc1c(Br)c(C(F)(F)F)nn1CC(=O)N1CCN(Cc2ccco2)CC1. The lowest BCUT2D eigenvalue weighted by atomic mass is 10.3. The molecule has 0 aliphatic carbocycles. The first-order valence-electron chi connectivity index (χ1n) is 8.08. The summed E-state index contributed by atoms with van der Waals surface area (Å²) < 4.78 is 45.0. The quantitative estimate of drug-likeness (QED) is 0.742. The number of hydrogen-bond donors (Lipinski definition) is 0. The molecule has 0 radical (unpaired) electrons. The van der Waals surface area contributed by atoms with E-state index in [1.165, 1.54) is 6.92 Å². The van der Waals surface area contributed by atoms with E-state index in [2.05, 4.69) is 25.9 Å². The van der Waals surface area contributed by atoms with Gasteiger partial charge in [0, 0.05) is 26.2 Å². The number of halogens is 4. The van der Waals surface area contributed by atoms with Gasteiger partial charge in [0.25, 0.3) is 0 Å². The highest BCUT2D eigenvalue weighted by atomic mass is 79.9. The smallest absolute Gasteiger partial charge is 0.436 e. The number of carbonyl (C=O) groups is 1. The van der Waals surface area contributed by atoms with Gasteiger partial charge in [0.15, 0.2) is 5.69 Å². The van der Waals surface area contributed by atoms with Crippen molar-refractivity contribution in [2.75, 3.05) is 26.2 Å². The summed E-state index contributed by atoms with van der Waals surface area (Å²) in [7, 11) is 0. The summed E-state index contributed by atoms with van der Waals surface area (Å²) >= 11 is 2.92. The van der Waals surface area contributed by atoms with Crippen LogP contribution in [0.15, 0.2) is 27.3 Å². The van der Waals surface area contributed by atoms with E-state index in [0.717, 1.165) is 10.4 Å². The number of hydrogen-bond acceptors (Lipinski definition) is 4. The molecule has 3 rings (SSSR count). The molecule has 0 unspecified atom stereocenters. The zero-order valence-corrected chi connectivity index (χ0v) is 15.7. The van der Waals surface area contributed by atoms with Crippen molar-refractivity contribution < 1.29 is 22.4 Å². The standard InChI is InChI=1S/C16H18BrF3N4O2/c1-11-14(17)15(16(18,19)20)21-24(11)10-13(25)23-6-4-22(5-7-23)9-12-3-2-8-26-12/h2-3,8H,4-7,9-10H2,1H3. The summed E-state index contributed by atoms with van der Waals surface area (Å²) in [6.45, 7) is 4.37. The van der Waals surface area contributed by atoms with Crippen molar-refractivity contribution in [1.29, 1.82) is 0 Å². The van der Waals surface area contributed by atoms with Gasteiger partial charge in [-0.25, -0.2) is 0 Å². The lowest BCUT2D eigenvalue weighted by Gasteiger charge is -2.34. The molecule has 0 spiro atoms. The van der Waals surface area contributed by atoms with Gasteiger partial charge in [-0.3, -0.25) is 14.4 Å². The molecule has 2 aromatic heterocycles. The molecule has 1 aliphatic heterocycles. The first-order chi connectivity index (χ1) is 12.3. The van der Waals surface area contributed by atoms with Crippen LogP contribution in [0.4, 0.5) is 13.2 Å². The van der Waals surface area contributed by atoms with Crippen molar-refractivity contribution in [3.63, 3.8) is 0 Å². The van der Waals surface area contributed by atoms with Crippen molar-refractivity contribution >= 4 is 21.8 Å². The Labute approximate surface area is 156 Å². The van der Waals surface area contributed by atoms with Crippen molar-refractivity contribution in [1.82, 2.24) is 19.6 Å². The Morgan fingerprint density at radius 2 is 2.00 bits per heavy atom. The molecule has 2 aromatic rings. The van der Waals surface area contributed by atoms with Gasteiger partial charge in [-0.15, -0.1) is 0 Å².